The first kappa shape index (κ1) is 14.0. The summed E-state index contributed by atoms with van der Waals surface area (Å²) in [5.41, 5.74) is 2.33. The van der Waals surface area contributed by atoms with Crippen LogP contribution in [0.15, 0.2) is 36.5 Å². The van der Waals surface area contributed by atoms with Crippen LogP contribution in [0.1, 0.15) is 18.4 Å². The van der Waals surface area contributed by atoms with Crippen molar-refractivity contribution in [1.29, 1.82) is 0 Å². The van der Waals surface area contributed by atoms with Crippen LogP contribution in [0.2, 0.25) is 0 Å². The molecule has 21 heavy (non-hydrogen) atoms. The number of aromatic nitrogens is 1. The minimum atomic E-state index is -0.0635. The number of hydrogen-bond acceptors (Lipinski definition) is 4. The van der Waals surface area contributed by atoms with Crippen molar-refractivity contribution in [3.05, 3.63) is 42.1 Å². The number of nitrogens with zero attached hydrogens (tertiary/aromatic N) is 2. The lowest BCUT2D eigenvalue weighted by Crippen LogP contribution is -2.36. The van der Waals surface area contributed by atoms with Gasteiger partial charge in [0, 0.05) is 18.1 Å². The molecule has 4 nitrogen and oxygen atoms in total. The minimum Gasteiger partial charge on any atom is -0.469 e. The third-order valence-corrected chi connectivity index (χ3v) is 4.20. The maximum Gasteiger partial charge on any atom is 0.308 e. The first-order valence-corrected chi connectivity index (χ1v) is 7.40. The molecule has 0 spiro atoms. The quantitative estimate of drug-likeness (QED) is 0.813. The number of benzene rings is 1. The first-order chi connectivity index (χ1) is 10.3. The molecule has 0 bridgehead atoms. The average molecular weight is 284 g/mol. The fourth-order valence-electron chi connectivity index (χ4n) is 2.98. The van der Waals surface area contributed by atoms with E-state index in [9.17, 15) is 4.79 Å². The third-order valence-electron chi connectivity index (χ3n) is 4.20. The number of piperidine rings is 1. The van der Waals surface area contributed by atoms with Crippen LogP contribution >= 0.6 is 0 Å². The molecule has 1 aromatic heterocycles. The third kappa shape index (κ3) is 3.22. The predicted molar refractivity (Wildman–Crippen MR) is 81.8 cm³/mol. The number of esters is 1. The van der Waals surface area contributed by atoms with E-state index in [1.54, 1.807) is 0 Å². The van der Waals surface area contributed by atoms with Gasteiger partial charge in [0.1, 0.15) is 0 Å². The molecule has 0 amide bonds. The maximum absolute atomic E-state index is 11.5. The molecule has 110 valence electrons. The predicted octanol–water partition coefficient (Wildman–Crippen LogP) is 2.62. The van der Waals surface area contributed by atoms with Gasteiger partial charge in [-0.3, -0.25) is 14.7 Å². The van der Waals surface area contributed by atoms with E-state index in [1.165, 1.54) is 18.1 Å². The Balaban J connectivity index is 1.63. The van der Waals surface area contributed by atoms with Crippen molar-refractivity contribution in [3.63, 3.8) is 0 Å². The Bertz CT molecular complexity index is 633. The summed E-state index contributed by atoms with van der Waals surface area (Å²) in [7, 11) is 1.47. The molecule has 1 aliphatic heterocycles. The smallest absolute Gasteiger partial charge is 0.308 e. The van der Waals surface area contributed by atoms with E-state index in [0.29, 0.717) is 0 Å². The van der Waals surface area contributed by atoms with Crippen LogP contribution in [0.25, 0.3) is 10.9 Å². The summed E-state index contributed by atoms with van der Waals surface area (Å²) in [4.78, 5) is 18.3. The number of hydrogen-bond donors (Lipinski definition) is 0. The standard InChI is InChI=1S/C17H20N2O2/c1-21-17(20)14-6-9-19(10-7-14)12-13-4-5-16-15(11-13)3-2-8-18-16/h2-5,8,11,14H,6-7,9-10,12H2,1H3. The van der Waals surface area contributed by atoms with Crippen LogP contribution in [0.5, 0.6) is 0 Å². The first-order valence-electron chi connectivity index (χ1n) is 7.40. The normalized spacial score (nSPS) is 17.0. The molecule has 2 aromatic rings. The number of fused-ring (bicyclic) bond motifs is 1. The van der Waals surface area contributed by atoms with E-state index in [1.807, 2.05) is 12.3 Å². The van der Waals surface area contributed by atoms with Gasteiger partial charge in [0.15, 0.2) is 0 Å². The van der Waals surface area contributed by atoms with Gasteiger partial charge in [-0.15, -0.1) is 0 Å². The number of ether oxygens (including phenoxy) is 1. The number of carbonyl (C=O) groups excluding carboxylic acids is 1. The second kappa shape index (κ2) is 6.22. The van der Waals surface area contributed by atoms with Crippen LogP contribution in [-0.4, -0.2) is 36.1 Å². The fraction of sp³-hybridized carbons (Fsp3) is 0.412. The van der Waals surface area contributed by atoms with Gasteiger partial charge in [-0.25, -0.2) is 0 Å². The summed E-state index contributed by atoms with van der Waals surface area (Å²) in [5, 5.41) is 1.18. The molecule has 0 atom stereocenters. The highest BCUT2D eigenvalue weighted by Gasteiger charge is 2.25. The van der Waals surface area contributed by atoms with Gasteiger partial charge >= 0.3 is 5.97 Å². The lowest BCUT2D eigenvalue weighted by molar-refractivity contribution is -0.147. The maximum atomic E-state index is 11.5. The molecule has 3 rings (SSSR count). The molecule has 1 aromatic carbocycles. The molecule has 1 aliphatic rings. The number of rotatable bonds is 3. The summed E-state index contributed by atoms with van der Waals surface area (Å²) in [6.07, 6.45) is 3.60. The zero-order valence-corrected chi connectivity index (χ0v) is 12.3. The van der Waals surface area contributed by atoms with Gasteiger partial charge in [0.25, 0.3) is 0 Å². The van der Waals surface area contributed by atoms with Crippen molar-refractivity contribution in [2.75, 3.05) is 20.2 Å². The minimum absolute atomic E-state index is 0.0635. The Hall–Kier alpha value is -1.94. The Kier molecular flexibility index (Phi) is 4.15. The summed E-state index contributed by atoms with van der Waals surface area (Å²) in [5.74, 6) is 0.0125. The van der Waals surface area contributed by atoms with Gasteiger partial charge in [-0.1, -0.05) is 12.1 Å². The number of carbonyl (C=O) groups is 1. The van der Waals surface area contributed by atoms with Crippen LogP contribution < -0.4 is 0 Å². The molecule has 1 fully saturated rings. The van der Waals surface area contributed by atoms with Gasteiger partial charge in [-0.2, -0.15) is 0 Å². The molecule has 0 aliphatic carbocycles. The van der Waals surface area contributed by atoms with Crippen molar-refractivity contribution < 1.29 is 9.53 Å². The second-order valence-electron chi connectivity index (χ2n) is 5.60. The van der Waals surface area contributed by atoms with Crippen molar-refractivity contribution in [3.8, 4) is 0 Å². The second-order valence-corrected chi connectivity index (χ2v) is 5.60. The van der Waals surface area contributed by atoms with Gasteiger partial charge < -0.3 is 4.74 Å². The zero-order chi connectivity index (χ0) is 14.7. The molecule has 2 heterocycles. The molecule has 0 saturated carbocycles. The lowest BCUT2D eigenvalue weighted by atomic mass is 9.96. The van der Waals surface area contributed by atoms with E-state index in [4.69, 9.17) is 4.74 Å². The van der Waals surface area contributed by atoms with E-state index < -0.39 is 0 Å². The van der Waals surface area contributed by atoms with Crippen LogP contribution in [0.4, 0.5) is 0 Å². The van der Waals surface area contributed by atoms with E-state index in [2.05, 4.69) is 34.1 Å². The van der Waals surface area contributed by atoms with Gasteiger partial charge in [0.05, 0.1) is 18.5 Å². The fourth-order valence-corrected chi connectivity index (χ4v) is 2.98. The summed E-state index contributed by atoms with van der Waals surface area (Å²) in [6.45, 7) is 2.83. The van der Waals surface area contributed by atoms with Gasteiger partial charge in [0.2, 0.25) is 0 Å². The Morgan fingerprint density at radius 2 is 2.14 bits per heavy atom. The van der Waals surface area contributed by atoms with Crippen LogP contribution in [-0.2, 0) is 16.1 Å². The highest BCUT2D eigenvalue weighted by Crippen LogP contribution is 2.21. The molecule has 0 unspecified atom stereocenters. The van der Waals surface area contributed by atoms with Crippen LogP contribution in [0.3, 0.4) is 0 Å². The van der Waals surface area contributed by atoms with Gasteiger partial charge in [-0.05, 0) is 49.7 Å². The number of methoxy groups -OCH3 is 1. The van der Waals surface area contributed by atoms with E-state index in [-0.39, 0.29) is 11.9 Å². The molecule has 4 heteroatoms. The number of likely N-dealkylation sites (tertiary alicyclic amines) is 1. The molecule has 1 saturated heterocycles. The van der Waals surface area contributed by atoms with Crippen molar-refractivity contribution in [1.82, 2.24) is 9.88 Å². The van der Waals surface area contributed by atoms with Crippen LogP contribution in [0, 0.1) is 5.92 Å². The largest absolute Gasteiger partial charge is 0.469 e. The Morgan fingerprint density at radius 1 is 1.33 bits per heavy atom. The topological polar surface area (TPSA) is 42.4 Å². The summed E-state index contributed by atoms with van der Waals surface area (Å²) >= 11 is 0. The number of pyridine rings is 1. The SMILES string of the molecule is COC(=O)C1CCN(Cc2ccc3ncccc3c2)CC1. The summed E-state index contributed by atoms with van der Waals surface area (Å²) in [6, 6.07) is 10.5. The van der Waals surface area contributed by atoms with E-state index in [0.717, 1.165) is 38.0 Å². The van der Waals surface area contributed by atoms with Crippen molar-refractivity contribution in [2.45, 2.75) is 19.4 Å². The highest BCUT2D eigenvalue weighted by molar-refractivity contribution is 5.78. The monoisotopic (exact) mass is 284 g/mol. The Labute approximate surface area is 124 Å². The summed E-state index contributed by atoms with van der Waals surface area (Å²) < 4.78 is 4.83. The molecule has 0 radical (unpaired) electrons. The average Bonchev–Trinajstić information content (AvgIpc) is 2.55. The van der Waals surface area contributed by atoms with Crippen molar-refractivity contribution in [2.24, 2.45) is 5.92 Å². The zero-order valence-electron chi connectivity index (χ0n) is 12.3. The van der Waals surface area contributed by atoms with E-state index >= 15 is 0 Å². The molecular formula is C17H20N2O2. The molecular weight excluding hydrogens is 264 g/mol. The van der Waals surface area contributed by atoms with Crippen molar-refractivity contribution >= 4 is 16.9 Å². The highest BCUT2D eigenvalue weighted by atomic mass is 16.5. The Morgan fingerprint density at radius 3 is 2.90 bits per heavy atom. The molecule has 0 N–H and O–H groups in total. The lowest BCUT2D eigenvalue weighted by Gasteiger charge is -2.30.